The van der Waals surface area contributed by atoms with Gasteiger partial charge >= 0.3 is 0 Å². The Morgan fingerprint density at radius 1 is 1.11 bits per heavy atom. The fraction of sp³-hybridized carbons (Fsp3) is 0.800. The maximum atomic E-state index is 4.96. The fourth-order valence-electron chi connectivity index (χ4n) is 3.32. The van der Waals surface area contributed by atoms with Gasteiger partial charge < -0.3 is 5.32 Å². The van der Waals surface area contributed by atoms with Crippen molar-refractivity contribution in [3.05, 3.63) is 15.6 Å². The summed E-state index contributed by atoms with van der Waals surface area (Å²) >= 11 is 1.98. The molecule has 100 valence electrons. The normalized spacial score (nSPS) is 25.1. The van der Waals surface area contributed by atoms with Crippen LogP contribution in [0.25, 0.3) is 0 Å². The summed E-state index contributed by atoms with van der Waals surface area (Å²) in [7, 11) is 2.12. The number of aryl methyl sites for hydroxylation is 2. The summed E-state index contributed by atoms with van der Waals surface area (Å²) in [6.07, 6.45) is 8.87. The van der Waals surface area contributed by atoms with Crippen LogP contribution in [0.4, 0.5) is 0 Å². The van der Waals surface area contributed by atoms with Crippen molar-refractivity contribution in [2.45, 2.75) is 64.3 Å². The highest BCUT2D eigenvalue weighted by Gasteiger charge is 2.41. The molecule has 1 heterocycles. The van der Waals surface area contributed by atoms with Gasteiger partial charge in [-0.15, -0.1) is 11.3 Å². The van der Waals surface area contributed by atoms with Crippen molar-refractivity contribution in [2.24, 2.45) is 5.41 Å². The Balaban J connectivity index is 1.87. The van der Waals surface area contributed by atoms with Crippen molar-refractivity contribution in [1.29, 1.82) is 0 Å². The molecule has 0 bridgehead atoms. The second-order valence-electron chi connectivity index (χ2n) is 6.74. The Kier molecular flexibility index (Phi) is 3.02. The lowest BCUT2D eigenvalue weighted by Crippen LogP contribution is -2.44. The van der Waals surface area contributed by atoms with Gasteiger partial charge in [-0.1, -0.05) is 13.8 Å². The van der Waals surface area contributed by atoms with Crippen molar-refractivity contribution in [3.63, 3.8) is 0 Å². The molecule has 0 aromatic carbocycles. The van der Waals surface area contributed by atoms with Crippen LogP contribution in [-0.4, -0.2) is 12.0 Å². The van der Waals surface area contributed by atoms with Gasteiger partial charge in [0.15, 0.2) is 0 Å². The van der Waals surface area contributed by atoms with Gasteiger partial charge in [-0.2, -0.15) is 0 Å². The third-order valence-corrected chi connectivity index (χ3v) is 6.30. The first-order valence-electron chi connectivity index (χ1n) is 7.23. The number of aromatic nitrogens is 1. The van der Waals surface area contributed by atoms with Crippen LogP contribution >= 0.6 is 11.3 Å². The van der Waals surface area contributed by atoms with E-state index < -0.39 is 0 Å². The highest BCUT2D eigenvalue weighted by molar-refractivity contribution is 7.12. The summed E-state index contributed by atoms with van der Waals surface area (Å²) in [6.45, 7) is 4.79. The van der Waals surface area contributed by atoms with Crippen LogP contribution in [0.2, 0.25) is 0 Å². The first-order chi connectivity index (χ1) is 8.55. The molecule has 1 saturated carbocycles. The molecule has 0 atom stereocenters. The molecule has 1 fully saturated rings. The third kappa shape index (κ3) is 2.01. The zero-order valence-corrected chi connectivity index (χ0v) is 12.6. The highest BCUT2D eigenvalue weighted by Crippen LogP contribution is 2.46. The molecular weight excluding hydrogens is 240 g/mol. The van der Waals surface area contributed by atoms with Crippen LogP contribution in [0.15, 0.2) is 0 Å². The van der Waals surface area contributed by atoms with Crippen molar-refractivity contribution in [3.8, 4) is 0 Å². The largest absolute Gasteiger partial charge is 0.308 e. The molecule has 1 N–H and O–H groups in total. The molecule has 0 unspecified atom stereocenters. The molecule has 1 aromatic rings. The van der Waals surface area contributed by atoms with Crippen molar-refractivity contribution < 1.29 is 0 Å². The van der Waals surface area contributed by atoms with Crippen molar-refractivity contribution >= 4 is 11.3 Å². The predicted molar refractivity (Wildman–Crippen MR) is 77.1 cm³/mol. The standard InChI is InChI=1S/C15H24N2S/c1-14(2)7-9-15(16-3,10-8-14)13-17-11-5-4-6-12(11)18-13/h16H,4-10H2,1-3H3. The van der Waals surface area contributed by atoms with E-state index in [2.05, 4.69) is 26.2 Å². The summed E-state index contributed by atoms with van der Waals surface area (Å²) in [5.74, 6) is 0. The number of hydrogen-bond donors (Lipinski definition) is 1. The molecule has 0 saturated heterocycles. The first-order valence-corrected chi connectivity index (χ1v) is 8.04. The maximum Gasteiger partial charge on any atom is 0.113 e. The summed E-state index contributed by atoms with van der Waals surface area (Å²) in [5, 5.41) is 4.97. The van der Waals surface area contributed by atoms with E-state index in [0.29, 0.717) is 5.41 Å². The van der Waals surface area contributed by atoms with E-state index in [1.165, 1.54) is 55.6 Å². The molecular formula is C15H24N2S. The molecule has 18 heavy (non-hydrogen) atoms. The zero-order valence-electron chi connectivity index (χ0n) is 11.8. The van der Waals surface area contributed by atoms with Gasteiger partial charge in [-0.05, 0) is 57.4 Å². The van der Waals surface area contributed by atoms with E-state index in [-0.39, 0.29) is 5.54 Å². The Morgan fingerprint density at radius 2 is 1.83 bits per heavy atom. The molecule has 0 spiro atoms. The molecule has 0 amide bonds. The van der Waals surface area contributed by atoms with Gasteiger partial charge in [0, 0.05) is 4.88 Å². The van der Waals surface area contributed by atoms with Crippen LogP contribution in [0.3, 0.4) is 0 Å². The van der Waals surface area contributed by atoms with E-state index in [9.17, 15) is 0 Å². The monoisotopic (exact) mass is 264 g/mol. The van der Waals surface area contributed by atoms with Gasteiger partial charge in [-0.3, -0.25) is 0 Å². The van der Waals surface area contributed by atoms with E-state index in [4.69, 9.17) is 4.98 Å². The zero-order chi connectivity index (χ0) is 12.8. The van der Waals surface area contributed by atoms with Crippen LogP contribution in [0.1, 0.15) is 61.5 Å². The second-order valence-corrected chi connectivity index (χ2v) is 7.82. The average molecular weight is 264 g/mol. The summed E-state index contributed by atoms with van der Waals surface area (Å²) in [6, 6.07) is 0. The predicted octanol–water partition coefficient (Wildman–Crippen LogP) is 3.65. The highest BCUT2D eigenvalue weighted by atomic mass is 32.1. The van der Waals surface area contributed by atoms with Crippen molar-refractivity contribution in [1.82, 2.24) is 10.3 Å². The topological polar surface area (TPSA) is 24.9 Å². The van der Waals surface area contributed by atoms with E-state index in [1.54, 1.807) is 4.88 Å². The molecule has 0 radical (unpaired) electrons. The SMILES string of the molecule is CNC1(c2nc3c(s2)CCC3)CCC(C)(C)CC1. The van der Waals surface area contributed by atoms with Crippen LogP contribution < -0.4 is 5.32 Å². The average Bonchev–Trinajstić information content (AvgIpc) is 2.90. The van der Waals surface area contributed by atoms with E-state index in [0.717, 1.165) is 0 Å². The Hall–Kier alpha value is -0.410. The Morgan fingerprint density at radius 3 is 2.44 bits per heavy atom. The fourth-order valence-corrected chi connectivity index (χ4v) is 4.72. The van der Waals surface area contributed by atoms with Gasteiger partial charge in [0.2, 0.25) is 0 Å². The second kappa shape index (κ2) is 4.31. The minimum Gasteiger partial charge on any atom is -0.308 e. The summed E-state index contributed by atoms with van der Waals surface area (Å²) in [4.78, 5) is 6.52. The smallest absolute Gasteiger partial charge is 0.113 e. The van der Waals surface area contributed by atoms with Gasteiger partial charge in [-0.25, -0.2) is 4.98 Å². The van der Waals surface area contributed by atoms with Gasteiger partial charge in [0.1, 0.15) is 5.01 Å². The number of rotatable bonds is 2. The number of fused-ring (bicyclic) bond motifs is 1. The number of nitrogens with one attached hydrogen (secondary N) is 1. The molecule has 2 nitrogen and oxygen atoms in total. The molecule has 0 aliphatic heterocycles. The maximum absolute atomic E-state index is 4.96. The molecule has 1 aromatic heterocycles. The lowest BCUT2D eigenvalue weighted by atomic mass is 9.69. The quantitative estimate of drug-likeness (QED) is 0.882. The molecule has 2 aliphatic rings. The number of thiazole rings is 1. The van der Waals surface area contributed by atoms with E-state index in [1.807, 2.05) is 11.3 Å². The molecule has 3 rings (SSSR count). The van der Waals surface area contributed by atoms with Gasteiger partial charge in [0.25, 0.3) is 0 Å². The van der Waals surface area contributed by atoms with Crippen molar-refractivity contribution in [2.75, 3.05) is 7.05 Å². The van der Waals surface area contributed by atoms with Crippen LogP contribution in [0.5, 0.6) is 0 Å². The Bertz CT molecular complexity index is 416. The minimum atomic E-state index is 0.171. The molecule has 3 heteroatoms. The number of nitrogens with zero attached hydrogens (tertiary/aromatic N) is 1. The summed E-state index contributed by atoms with van der Waals surface area (Å²) < 4.78 is 0. The lowest BCUT2D eigenvalue weighted by molar-refractivity contribution is 0.141. The minimum absolute atomic E-state index is 0.171. The van der Waals surface area contributed by atoms with E-state index >= 15 is 0 Å². The van der Waals surface area contributed by atoms with Gasteiger partial charge in [0.05, 0.1) is 11.2 Å². The van der Waals surface area contributed by atoms with Crippen LogP contribution in [-0.2, 0) is 18.4 Å². The molecule has 2 aliphatic carbocycles. The Labute approximate surface area is 114 Å². The lowest BCUT2D eigenvalue weighted by Gasteiger charge is -2.42. The first kappa shape index (κ1) is 12.6. The summed E-state index contributed by atoms with van der Waals surface area (Å²) in [5.41, 5.74) is 2.08. The third-order valence-electron chi connectivity index (χ3n) is 4.94. The van der Waals surface area contributed by atoms with Crippen LogP contribution in [0, 0.1) is 5.41 Å². The number of hydrogen-bond acceptors (Lipinski definition) is 3.